The normalized spacial score (nSPS) is 30.3. The molecule has 152 valence electrons. The van der Waals surface area contributed by atoms with E-state index in [1.807, 2.05) is 30.3 Å². The van der Waals surface area contributed by atoms with Gasteiger partial charge in [-0.3, -0.25) is 4.79 Å². The fourth-order valence-corrected chi connectivity index (χ4v) is 7.35. The van der Waals surface area contributed by atoms with Crippen LogP contribution in [0.2, 0.25) is 5.02 Å². The average molecular weight is 433 g/mol. The second-order valence-corrected chi connectivity index (χ2v) is 10.6. The number of nitrogens with zero attached hydrogens (tertiary/aromatic N) is 2. The highest BCUT2D eigenvalue weighted by Gasteiger charge is 2.65. The molecule has 1 spiro atoms. The van der Waals surface area contributed by atoms with Gasteiger partial charge < -0.3 is 9.64 Å². The van der Waals surface area contributed by atoms with Crippen LogP contribution >= 0.6 is 11.6 Å². The van der Waals surface area contributed by atoms with E-state index in [1.54, 1.807) is 29.2 Å². The van der Waals surface area contributed by atoms with Crippen LogP contribution in [0.1, 0.15) is 22.3 Å². The molecule has 0 saturated carbocycles. The lowest BCUT2D eigenvalue weighted by atomic mass is 9.99. The molecule has 1 amide bonds. The number of hydrogen-bond donors (Lipinski definition) is 0. The average Bonchev–Trinajstić information content (AvgIpc) is 3.07. The molecular weight excluding hydrogens is 412 g/mol. The van der Waals surface area contributed by atoms with Crippen molar-refractivity contribution in [1.82, 2.24) is 9.21 Å². The van der Waals surface area contributed by atoms with Crippen molar-refractivity contribution in [3.05, 3.63) is 70.7 Å². The lowest BCUT2D eigenvalue weighted by molar-refractivity contribution is -0.0980. The summed E-state index contributed by atoms with van der Waals surface area (Å²) in [5.41, 5.74) is 0.575. The van der Waals surface area contributed by atoms with E-state index in [-0.39, 0.29) is 31.6 Å². The van der Waals surface area contributed by atoms with E-state index in [9.17, 15) is 13.2 Å². The van der Waals surface area contributed by atoms with Gasteiger partial charge in [-0.15, -0.1) is 0 Å². The number of rotatable bonds is 3. The Balaban J connectivity index is 1.41. The first-order valence-corrected chi connectivity index (χ1v) is 11.5. The molecule has 3 aliphatic rings. The highest BCUT2D eigenvalue weighted by atomic mass is 35.5. The smallest absolute Gasteiger partial charge is 0.254 e. The first-order valence-electron chi connectivity index (χ1n) is 9.63. The third-order valence-corrected chi connectivity index (χ3v) is 8.62. The number of benzene rings is 2. The predicted octanol–water partition coefficient (Wildman–Crippen LogP) is 2.54. The number of carbonyl (C=O) groups is 1. The first kappa shape index (κ1) is 19.1. The number of fused-ring (bicyclic) bond motifs is 1. The van der Waals surface area contributed by atoms with Crippen molar-refractivity contribution in [2.24, 2.45) is 0 Å². The van der Waals surface area contributed by atoms with E-state index in [0.717, 1.165) is 5.56 Å². The maximum atomic E-state index is 13.3. The lowest BCUT2D eigenvalue weighted by Crippen LogP contribution is -2.56. The van der Waals surface area contributed by atoms with Crippen molar-refractivity contribution in [3.63, 3.8) is 0 Å². The van der Waals surface area contributed by atoms with E-state index in [4.69, 9.17) is 16.3 Å². The summed E-state index contributed by atoms with van der Waals surface area (Å²) in [4.78, 5) is 14.7. The molecule has 6 nitrogen and oxygen atoms in total. The number of morpholine rings is 1. The van der Waals surface area contributed by atoms with Crippen LogP contribution in [0.25, 0.3) is 0 Å². The summed E-state index contributed by atoms with van der Waals surface area (Å²) in [6.45, 7) is 1.21. The summed E-state index contributed by atoms with van der Waals surface area (Å²) in [6.07, 6.45) is 0.178. The van der Waals surface area contributed by atoms with Crippen LogP contribution in [0.15, 0.2) is 54.6 Å². The molecule has 2 aromatic carbocycles. The fraction of sp³-hybridized carbons (Fsp3) is 0.381. The minimum absolute atomic E-state index is 0.0791. The van der Waals surface area contributed by atoms with Crippen molar-refractivity contribution in [2.75, 3.05) is 19.6 Å². The van der Waals surface area contributed by atoms with Crippen LogP contribution in [0.5, 0.6) is 0 Å². The first-order chi connectivity index (χ1) is 13.9. The van der Waals surface area contributed by atoms with Crippen molar-refractivity contribution in [1.29, 1.82) is 0 Å². The van der Waals surface area contributed by atoms with Gasteiger partial charge in [-0.05, 0) is 36.2 Å². The van der Waals surface area contributed by atoms with E-state index < -0.39 is 20.9 Å². The van der Waals surface area contributed by atoms with E-state index in [2.05, 4.69) is 0 Å². The van der Waals surface area contributed by atoms with Gasteiger partial charge in [-0.2, -0.15) is 4.31 Å². The van der Waals surface area contributed by atoms with Gasteiger partial charge >= 0.3 is 0 Å². The number of sulfonamides is 1. The van der Waals surface area contributed by atoms with Crippen molar-refractivity contribution >= 4 is 27.5 Å². The van der Waals surface area contributed by atoms with Gasteiger partial charge in [-0.1, -0.05) is 41.9 Å². The predicted molar refractivity (Wildman–Crippen MR) is 109 cm³/mol. The number of likely N-dealkylation sites (tertiary alicyclic amines) is 1. The van der Waals surface area contributed by atoms with Crippen LogP contribution in [0, 0.1) is 0 Å². The van der Waals surface area contributed by atoms with E-state index in [1.165, 1.54) is 4.31 Å². The van der Waals surface area contributed by atoms with E-state index >= 15 is 0 Å². The van der Waals surface area contributed by atoms with Gasteiger partial charge in [0.25, 0.3) is 5.91 Å². The molecule has 0 radical (unpaired) electrons. The molecule has 29 heavy (non-hydrogen) atoms. The number of amides is 1. The molecule has 0 aromatic heterocycles. The maximum absolute atomic E-state index is 13.3. The largest absolute Gasteiger partial charge is 0.365 e. The Bertz CT molecular complexity index is 1060. The van der Waals surface area contributed by atoms with Gasteiger partial charge in [-0.25, -0.2) is 8.42 Å². The quantitative estimate of drug-likeness (QED) is 0.747. The minimum atomic E-state index is -3.53. The zero-order valence-corrected chi connectivity index (χ0v) is 17.3. The molecule has 0 aliphatic carbocycles. The van der Waals surface area contributed by atoms with Crippen LogP contribution in [0.3, 0.4) is 0 Å². The van der Waals surface area contributed by atoms with Crippen molar-refractivity contribution in [2.45, 2.75) is 29.9 Å². The molecule has 2 aromatic rings. The molecule has 3 heterocycles. The highest BCUT2D eigenvalue weighted by molar-refractivity contribution is 7.90. The third-order valence-electron chi connectivity index (χ3n) is 6.07. The van der Waals surface area contributed by atoms with Gasteiger partial charge in [0.1, 0.15) is 10.9 Å². The Labute approximate surface area is 175 Å². The number of ether oxygens (including phenoxy) is 1. The zero-order valence-electron chi connectivity index (χ0n) is 15.7. The SMILES string of the molecule is O=C(c1ccccc1)N1C[C@H]2C[C@H]3[C@](C1)(CN(Cc1cccc(Cl)c1)S3(=O)=O)O2. The second kappa shape index (κ2) is 6.80. The highest BCUT2D eigenvalue weighted by Crippen LogP contribution is 2.47. The van der Waals surface area contributed by atoms with Crippen LogP contribution in [0.4, 0.5) is 0 Å². The van der Waals surface area contributed by atoms with Gasteiger partial charge in [0.05, 0.1) is 12.6 Å². The van der Waals surface area contributed by atoms with Gasteiger partial charge in [0.15, 0.2) is 0 Å². The van der Waals surface area contributed by atoms with Gasteiger partial charge in [0.2, 0.25) is 10.0 Å². The maximum Gasteiger partial charge on any atom is 0.254 e. The topological polar surface area (TPSA) is 66.9 Å². The Morgan fingerprint density at radius 2 is 1.93 bits per heavy atom. The molecule has 3 aliphatic heterocycles. The second-order valence-electron chi connectivity index (χ2n) is 8.02. The zero-order chi connectivity index (χ0) is 20.2. The van der Waals surface area contributed by atoms with Crippen molar-refractivity contribution < 1.29 is 17.9 Å². The third kappa shape index (κ3) is 3.17. The lowest BCUT2D eigenvalue weighted by Gasteiger charge is -2.39. The molecular formula is C21H21ClN2O4S. The molecule has 3 atom stereocenters. The molecule has 3 saturated heterocycles. The summed E-state index contributed by atoms with van der Waals surface area (Å²) in [5, 5.41) is -0.0428. The summed E-state index contributed by atoms with van der Waals surface area (Å²) in [7, 11) is -3.53. The van der Waals surface area contributed by atoms with Crippen LogP contribution in [-0.4, -0.2) is 60.1 Å². The minimum Gasteiger partial charge on any atom is -0.365 e. The number of halogens is 1. The molecule has 0 N–H and O–H groups in total. The van der Waals surface area contributed by atoms with E-state index in [0.29, 0.717) is 23.6 Å². The number of hydrogen-bond acceptors (Lipinski definition) is 4. The summed E-state index contributed by atoms with van der Waals surface area (Å²) in [5.74, 6) is -0.0791. The Morgan fingerprint density at radius 3 is 2.69 bits per heavy atom. The standard InChI is InChI=1S/C21H21ClN2O4S/c22-17-8-4-5-15(9-17)11-24-14-21-13-23(20(25)16-6-2-1-3-7-16)12-18(28-21)10-19(21)29(24,26)27/h1-9,18-19H,10-14H2/t18-,19+,21+/m1/s1. The Morgan fingerprint density at radius 1 is 1.14 bits per heavy atom. The summed E-state index contributed by atoms with van der Waals surface area (Å²) in [6, 6.07) is 16.3. The Kier molecular flexibility index (Phi) is 4.47. The molecule has 8 heteroatoms. The summed E-state index contributed by atoms with van der Waals surface area (Å²) < 4.78 is 34.2. The monoisotopic (exact) mass is 432 g/mol. The molecule has 3 fully saturated rings. The van der Waals surface area contributed by atoms with Crippen molar-refractivity contribution in [3.8, 4) is 0 Å². The fourth-order valence-electron chi connectivity index (χ4n) is 4.85. The summed E-state index contributed by atoms with van der Waals surface area (Å²) >= 11 is 6.06. The number of carbonyl (C=O) groups excluding carboxylic acids is 1. The van der Waals surface area contributed by atoms with Crippen LogP contribution in [-0.2, 0) is 21.3 Å². The van der Waals surface area contributed by atoms with Gasteiger partial charge in [0, 0.05) is 30.2 Å². The molecule has 5 rings (SSSR count). The molecule has 2 bridgehead atoms. The Hall–Kier alpha value is -1.93. The van der Waals surface area contributed by atoms with Crippen LogP contribution < -0.4 is 0 Å². The molecule has 0 unspecified atom stereocenters.